The lowest BCUT2D eigenvalue weighted by atomic mass is 10.1. The monoisotopic (exact) mass is 229 g/mol. The first-order valence-electron chi connectivity index (χ1n) is 6.92. The Labute approximate surface area is 101 Å². The van der Waals surface area contributed by atoms with Crippen molar-refractivity contribution in [3.63, 3.8) is 0 Å². The van der Waals surface area contributed by atoms with Crippen molar-refractivity contribution in [2.45, 2.75) is 83.3 Å². The Hall–Kier alpha value is -0.0800. The molecular weight excluding hydrogens is 200 g/mol. The van der Waals surface area contributed by atoms with Crippen molar-refractivity contribution in [1.82, 2.24) is 0 Å². The molecule has 0 aromatic rings. The molecule has 97 valence electrons. The molecule has 16 heavy (non-hydrogen) atoms. The Balaban J connectivity index is 2.88. The fraction of sp³-hybridized carbons (Fsp3) is 0.929. The smallest absolute Gasteiger partial charge is 0.151 e. The second-order valence-electron chi connectivity index (χ2n) is 4.66. The summed E-state index contributed by atoms with van der Waals surface area (Å²) in [5, 5.41) is 17.3. The first-order chi connectivity index (χ1) is 7.77. The Kier molecular flexibility index (Phi) is 12.9. The van der Waals surface area contributed by atoms with E-state index in [1.165, 1.54) is 51.4 Å². The third-order valence-corrected chi connectivity index (χ3v) is 2.96. The van der Waals surface area contributed by atoms with Crippen LogP contribution in [0.5, 0.6) is 0 Å². The number of aliphatic hydroxyl groups is 2. The summed E-state index contributed by atoms with van der Waals surface area (Å²) in [6, 6.07) is 0. The number of unbranched alkanes of at least 4 members (excludes halogenated alkanes) is 10. The van der Waals surface area contributed by atoms with E-state index in [1.54, 1.807) is 0 Å². The highest BCUT2D eigenvalue weighted by Crippen LogP contribution is 2.12. The minimum absolute atomic E-state index is 0.533. The van der Waals surface area contributed by atoms with Gasteiger partial charge in [-0.3, -0.25) is 0 Å². The van der Waals surface area contributed by atoms with E-state index in [9.17, 15) is 0 Å². The van der Waals surface area contributed by atoms with Gasteiger partial charge in [0.1, 0.15) is 0 Å². The Morgan fingerprint density at radius 2 is 1.00 bits per heavy atom. The fourth-order valence-corrected chi connectivity index (χ4v) is 1.92. The zero-order chi connectivity index (χ0) is 12.1. The molecule has 0 aromatic heterocycles. The van der Waals surface area contributed by atoms with Gasteiger partial charge in [0.25, 0.3) is 0 Å². The Morgan fingerprint density at radius 1 is 0.625 bits per heavy atom. The predicted molar refractivity (Wildman–Crippen MR) is 69.0 cm³/mol. The average Bonchev–Trinajstić information content (AvgIpc) is 2.25. The molecule has 0 aliphatic heterocycles. The van der Waals surface area contributed by atoms with E-state index in [0.29, 0.717) is 6.42 Å². The van der Waals surface area contributed by atoms with Gasteiger partial charge in [0.15, 0.2) is 6.29 Å². The SMILES string of the molecule is [CH2]CCCCCCCCCCCCC(O)O. The molecule has 2 heteroatoms. The zero-order valence-corrected chi connectivity index (χ0v) is 10.7. The number of rotatable bonds is 12. The van der Waals surface area contributed by atoms with Crippen LogP contribution >= 0.6 is 0 Å². The van der Waals surface area contributed by atoms with Gasteiger partial charge in [0.2, 0.25) is 0 Å². The van der Waals surface area contributed by atoms with Gasteiger partial charge >= 0.3 is 0 Å². The molecule has 0 aliphatic rings. The molecule has 1 radical (unpaired) electrons. The molecule has 0 fully saturated rings. The molecule has 0 atom stereocenters. The molecule has 0 bridgehead atoms. The van der Waals surface area contributed by atoms with E-state index in [-0.39, 0.29) is 0 Å². The molecule has 0 unspecified atom stereocenters. The van der Waals surface area contributed by atoms with Crippen LogP contribution < -0.4 is 0 Å². The lowest BCUT2D eigenvalue weighted by Gasteiger charge is -2.03. The van der Waals surface area contributed by atoms with Crippen LogP contribution in [0.4, 0.5) is 0 Å². The van der Waals surface area contributed by atoms with Gasteiger partial charge in [-0.25, -0.2) is 0 Å². The molecular formula is C14H29O2. The largest absolute Gasteiger partial charge is 0.368 e. The second-order valence-corrected chi connectivity index (χ2v) is 4.66. The number of hydrogen-bond donors (Lipinski definition) is 2. The minimum atomic E-state index is -1.10. The summed E-state index contributed by atoms with van der Waals surface area (Å²) in [5.41, 5.74) is 0. The van der Waals surface area contributed by atoms with Crippen LogP contribution in [-0.4, -0.2) is 16.5 Å². The molecule has 0 amide bonds. The van der Waals surface area contributed by atoms with Gasteiger partial charge in [-0.15, -0.1) is 0 Å². The fourth-order valence-electron chi connectivity index (χ4n) is 1.92. The molecule has 0 heterocycles. The highest BCUT2D eigenvalue weighted by Gasteiger charge is 1.96. The average molecular weight is 229 g/mol. The third-order valence-electron chi connectivity index (χ3n) is 2.96. The molecule has 2 N–H and O–H groups in total. The zero-order valence-electron chi connectivity index (χ0n) is 10.7. The molecule has 0 spiro atoms. The maximum absolute atomic E-state index is 8.65. The minimum Gasteiger partial charge on any atom is -0.368 e. The van der Waals surface area contributed by atoms with E-state index in [1.807, 2.05) is 0 Å². The van der Waals surface area contributed by atoms with Crippen molar-refractivity contribution < 1.29 is 10.2 Å². The van der Waals surface area contributed by atoms with Crippen LogP contribution in [0.3, 0.4) is 0 Å². The van der Waals surface area contributed by atoms with Gasteiger partial charge in [-0.2, -0.15) is 0 Å². The Bertz CT molecular complexity index is 124. The van der Waals surface area contributed by atoms with E-state index >= 15 is 0 Å². The van der Waals surface area contributed by atoms with Crippen LogP contribution in [0.1, 0.15) is 77.0 Å². The van der Waals surface area contributed by atoms with Crippen LogP contribution in [0.2, 0.25) is 0 Å². The second kappa shape index (κ2) is 13.0. The summed E-state index contributed by atoms with van der Waals surface area (Å²) in [4.78, 5) is 0. The standard InChI is InChI=1S/C14H29O2/c1-2-3-4-5-6-7-8-9-10-11-12-13-14(15)16/h14-16H,1-13H2. The van der Waals surface area contributed by atoms with Crippen LogP contribution in [0, 0.1) is 6.92 Å². The first-order valence-corrected chi connectivity index (χ1v) is 6.92. The van der Waals surface area contributed by atoms with E-state index in [4.69, 9.17) is 10.2 Å². The highest BCUT2D eigenvalue weighted by atomic mass is 16.5. The summed E-state index contributed by atoms with van der Waals surface area (Å²) in [7, 11) is 0. The predicted octanol–water partition coefficient (Wildman–Crippen LogP) is 3.81. The topological polar surface area (TPSA) is 40.5 Å². The van der Waals surface area contributed by atoms with Gasteiger partial charge in [0, 0.05) is 0 Å². The van der Waals surface area contributed by atoms with Gasteiger partial charge in [-0.1, -0.05) is 71.1 Å². The number of aliphatic hydroxyl groups excluding tert-OH is 1. The molecule has 0 aromatic carbocycles. The van der Waals surface area contributed by atoms with E-state index in [0.717, 1.165) is 19.3 Å². The van der Waals surface area contributed by atoms with E-state index < -0.39 is 6.29 Å². The molecule has 0 rings (SSSR count). The van der Waals surface area contributed by atoms with Crippen LogP contribution in [-0.2, 0) is 0 Å². The highest BCUT2D eigenvalue weighted by molar-refractivity contribution is 4.49. The molecule has 0 saturated carbocycles. The lowest BCUT2D eigenvalue weighted by molar-refractivity contribution is -0.0466. The maximum atomic E-state index is 8.65. The summed E-state index contributed by atoms with van der Waals surface area (Å²) in [6.07, 6.45) is 13.2. The van der Waals surface area contributed by atoms with Gasteiger partial charge in [0.05, 0.1) is 0 Å². The van der Waals surface area contributed by atoms with E-state index in [2.05, 4.69) is 6.92 Å². The van der Waals surface area contributed by atoms with Crippen molar-refractivity contribution in [2.75, 3.05) is 0 Å². The number of hydrogen-bond acceptors (Lipinski definition) is 2. The molecule has 0 saturated heterocycles. The summed E-state index contributed by atoms with van der Waals surface area (Å²) in [6.45, 7) is 3.84. The summed E-state index contributed by atoms with van der Waals surface area (Å²) >= 11 is 0. The molecule has 0 aliphatic carbocycles. The third kappa shape index (κ3) is 13.9. The van der Waals surface area contributed by atoms with Gasteiger partial charge in [-0.05, 0) is 12.8 Å². The van der Waals surface area contributed by atoms with Crippen molar-refractivity contribution in [2.24, 2.45) is 0 Å². The van der Waals surface area contributed by atoms with Crippen LogP contribution in [0.25, 0.3) is 0 Å². The maximum Gasteiger partial charge on any atom is 0.151 e. The van der Waals surface area contributed by atoms with Crippen molar-refractivity contribution in [3.8, 4) is 0 Å². The summed E-state index contributed by atoms with van der Waals surface area (Å²) < 4.78 is 0. The normalized spacial score (nSPS) is 11.2. The Morgan fingerprint density at radius 3 is 1.38 bits per heavy atom. The first kappa shape index (κ1) is 15.9. The quantitative estimate of drug-likeness (QED) is 0.394. The van der Waals surface area contributed by atoms with Crippen molar-refractivity contribution in [1.29, 1.82) is 0 Å². The lowest BCUT2D eigenvalue weighted by Crippen LogP contribution is -2.02. The van der Waals surface area contributed by atoms with Crippen molar-refractivity contribution in [3.05, 3.63) is 6.92 Å². The summed E-state index contributed by atoms with van der Waals surface area (Å²) in [5.74, 6) is 0. The van der Waals surface area contributed by atoms with Crippen molar-refractivity contribution >= 4 is 0 Å². The van der Waals surface area contributed by atoms with Crippen LogP contribution in [0.15, 0.2) is 0 Å². The molecule has 2 nitrogen and oxygen atoms in total. The van der Waals surface area contributed by atoms with Gasteiger partial charge < -0.3 is 10.2 Å².